The zero-order valence-corrected chi connectivity index (χ0v) is 23.5. The summed E-state index contributed by atoms with van der Waals surface area (Å²) in [6.07, 6.45) is -2.25. The highest BCUT2D eigenvalue weighted by Crippen LogP contribution is 2.64. The van der Waals surface area contributed by atoms with E-state index in [-0.39, 0.29) is 0 Å². The topological polar surface area (TPSA) is 83.5 Å². The van der Waals surface area contributed by atoms with Gasteiger partial charge in [0.1, 0.15) is 11.5 Å². The van der Waals surface area contributed by atoms with Crippen LogP contribution in [0.15, 0.2) is 0 Å². The molecule has 0 atom stereocenters. The summed E-state index contributed by atoms with van der Waals surface area (Å²) >= 11 is 0. The zero-order valence-electron chi connectivity index (χ0n) is 21.9. The molecule has 0 radical (unpaired) electrons. The normalized spacial score (nSPS) is 17.2. The van der Waals surface area contributed by atoms with Gasteiger partial charge < -0.3 is 9.29 Å². The van der Waals surface area contributed by atoms with E-state index in [1.165, 1.54) is 19.3 Å². The number of hydrogen-bond donors (Lipinski definition) is 0. The molecule has 0 aromatic heterocycles. The highest BCUT2D eigenvalue weighted by Gasteiger charge is 2.95. The van der Waals surface area contributed by atoms with E-state index in [9.17, 15) is 92.4 Å². The summed E-state index contributed by atoms with van der Waals surface area (Å²) in [6, 6.07) is 0. The van der Waals surface area contributed by atoms with Gasteiger partial charge in [0.25, 0.3) is 0 Å². The molecular formula is C20H23F17O5S2. The lowest BCUT2D eigenvalue weighted by Crippen LogP contribution is -2.75. The molecule has 1 saturated heterocycles. The molecule has 0 aromatic carbocycles. The fourth-order valence-electron chi connectivity index (χ4n) is 3.06. The molecule has 0 unspecified atom stereocenters. The Morgan fingerprint density at radius 3 is 1.41 bits per heavy atom. The van der Waals surface area contributed by atoms with E-state index in [1.54, 1.807) is 0 Å². The molecule has 44 heavy (non-hydrogen) atoms. The monoisotopic (exact) mass is 730 g/mol. The lowest BCUT2D eigenvalue weighted by Gasteiger charge is -2.42. The van der Waals surface area contributed by atoms with E-state index >= 15 is 0 Å². The van der Waals surface area contributed by atoms with Gasteiger partial charge in [0.2, 0.25) is 0 Å². The van der Waals surface area contributed by atoms with Crippen molar-refractivity contribution >= 4 is 26.8 Å². The van der Waals surface area contributed by atoms with Crippen LogP contribution in [0.2, 0.25) is 0 Å². The molecule has 0 bridgehead atoms. The molecular weight excluding hydrogens is 707 g/mol. The van der Waals surface area contributed by atoms with Crippen molar-refractivity contribution in [1.82, 2.24) is 0 Å². The third-order valence-corrected chi connectivity index (χ3v) is 8.82. The number of hydrogen-bond acceptors (Lipinski definition) is 5. The van der Waals surface area contributed by atoms with Gasteiger partial charge in [0.05, 0.1) is 13.2 Å². The summed E-state index contributed by atoms with van der Waals surface area (Å²) in [6.45, 7) is 3.93. The van der Waals surface area contributed by atoms with E-state index in [4.69, 9.17) is 4.74 Å². The maximum atomic E-state index is 13.0. The molecule has 0 N–H and O–H groups in total. The second kappa shape index (κ2) is 14.2. The first-order valence-corrected chi connectivity index (χ1v) is 14.9. The van der Waals surface area contributed by atoms with Crippen molar-refractivity contribution in [3.8, 4) is 0 Å². The number of unbranched alkanes of at least 4 members (excludes halogenated alkanes) is 3. The third kappa shape index (κ3) is 8.15. The van der Waals surface area contributed by atoms with E-state index in [1.807, 2.05) is 0 Å². The standard InChI is InChI=1S/C12H23O2S.C8HF17O3S/c1-2-3-4-5-6-12(13)11-15-9-7-14-8-10-15;9-1(10,3(13,14)5(17,18)7(21,22)23)2(11,12)4(15,16)6(19,20)8(24,25)29(26,27)28/h2-11H2,1H3;(H,26,27,28)/q+1;/p-1. The number of carbonyl (C=O) groups excluding carboxylic acids is 1. The number of halogens is 17. The predicted octanol–water partition coefficient (Wildman–Crippen LogP) is 6.67. The molecule has 1 aliphatic heterocycles. The van der Waals surface area contributed by atoms with Gasteiger partial charge in [-0.1, -0.05) is 26.2 Å². The third-order valence-electron chi connectivity index (χ3n) is 5.71. The smallest absolute Gasteiger partial charge is 0.460 e. The maximum Gasteiger partial charge on any atom is 0.460 e. The van der Waals surface area contributed by atoms with Gasteiger partial charge in [-0.15, -0.1) is 0 Å². The Balaban J connectivity index is 0.00000103. The van der Waals surface area contributed by atoms with Gasteiger partial charge >= 0.3 is 47.0 Å². The average molecular weight is 730 g/mol. The average Bonchev–Trinajstić information content (AvgIpc) is 2.85. The predicted molar refractivity (Wildman–Crippen MR) is 117 cm³/mol. The Hall–Kier alpha value is -1.30. The molecule has 0 saturated carbocycles. The number of Topliss-reactive ketones (excluding diaryl/α,β-unsaturated/α-hetero) is 1. The van der Waals surface area contributed by atoms with E-state index in [2.05, 4.69) is 6.92 Å². The van der Waals surface area contributed by atoms with Crippen LogP contribution in [0.1, 0.15) is 39.0 Å². The molecule has 24 heteroatoms. The fourth-order valence-corrected chi connectivity index (χ4v) is 5.30. The number of carbonyl (C=O) groups is 1. The minimum Gasteiger partial charge on any atom is -0.743 e. The van der Waals surface area contributed by atoms with Crippen LogP contribution in [0, 0.1) is 0 Å². The van der Waals surface area contributed by atoms with Gasteiger partial charge in [-0.2, -0.15) is 74.6 Å². The molecule has 1 heterocycles. The van der Waals surface area contributed by atoms with E-state index < -0.39 is 57.1 Å². The van der Waals surface area contributed by atoms with Crippen LogP contribution < -0.4 is 0 Å². The Kier molecular flexibility index (Phi) is 13.8. The summed E-state index contributed by atoms with van der Waals surface area (Å²) < 4.78 is 249. The van der Waals surface area contributed by atoms with Gasteiger partial charge in [-0.3, -0.25) is 4.79 Å². The van der Waals surface area contributed by atoms with Crippen molar-refractivity contribution in [3.63, 3.8) is 0 Å². The summed E-state index contributed by atoms with van der Waals surface area (Å²) in [4.78, 5) is 11.6. The minimum absolute atomic E-state index is 0.344. The second-order valence-electron chi connectivity index (χ2n) is 9.04. The van der Waals surface area contributed by atoms with Crippen LogP contribution in [0.3, 0.4) is 0 Å². The van der Waals surface area contributed by atoms with Crippen molar-refractivity contribution in [2.45, 2.75) is 86.0 Å². The molecule has 0 aromatic rings. The highest BCUT2D eigenvalue weighted by molar-refractivity contribution is 7.97. The van der Waals surface area contributed by atoms with Crippen LogP contribution in [-0.4, -0.2) is 96.2 Å². The van der Waals surface area contributed by atoms with Crippen LogP contribution in [0.25, 0.3) is 0 Å². The summed E-state index contributed by atoms with van der Waals surface area (Å²) in [5.41, 5.74) is 0. The lowest BCUT2D eigenvalue weighted by atomic mass is 9.91. The number of ketones is 1. The highest BCUT2D eigenvalue weighted by atomic mass is 32.2. The maximum absolute atomic E-state index is 13.0. The van der Waals surface area contributed by atoms with Gasteiger partial charge in [-0.05, 0) is 17.3 Å². The first-order chi connectivity index (χ1) is 19.3. The molecule has 5 nitrogen and oxygen atoms in total. The first-order valence-electron chi connectivity index (χ1n) is 11.7. The largest absolute Gasteiger partial charge is 0.743 e. The van der Waals surface area contributed by atoms with E-state index in [0.29, 0.717) is 16.7 Å². The minimum atomic E-state index is -8.92. The number of rotatable bonds is 14. The van der Waals surface area contributed by atoms with Crippen LogP contribution in [0.5, 0.6) is 0 Å². The molecule has 0 amide bonds. The second-order valence-corrected chi connectivity index (χ2v) is 12.8. The molecule has 0 spiro atoms. The van der Waals surface area contributed by atoms with Crippen LogP contribution in [-0.2, 0) is 30.5 Å². The lowest BCUT2D eigenvalue weighted by molar-refractivity contribution is -0.458. The van der Waals surface area contributed by atoms with Crippen LogP contribution >= 0.6 is 0 Å². The summed E-state index contributed by atoms with van der Waals surface area (Å²) in [5, 5.41) is -7.95. The molecule has 1 rings (SSSR count). The fraction of sp³-hybridized carbons (Fsp3) is 0.950. The summed E-state index contributed by atoms with van der Waals surface area (Å²) in [5.74, 6) is -48.6. The van der Waals surface area contributed by atoms with Gasteiger partial charge in [0.15, 0.2) is 21.7 Å². The quantitative estimate of drug-likeness (QED) is 0.0864. The Bertz CT molecular complexity index is 1060. The van der Waals surface area contributed by atoms with Crippen molar-refractivity contribution in [1.29, 1.82) is 0 Å². The van der Waals surface area contributed by atoms with E-state index in [0.717, 1.165) is 43.3 Å². The van der Waals surface area contributed by atoms with Gasteiger partial charge in [0, 0.05) is 6.42 Å². The number of alkyl halides is 17. The van der Waals surface area contributed by atoms with Gasteiger partial charge in [-0.25, -0.2) is 8.42 Å². The Morgan fingerprint density at radius 1 is 0.659 bits per heavy atom. The van der Waals surface area contributed by atoms with Crippen molar-refractivity contribution < 1.29 is 97.1 Å². The molecule has 1 fully saturated rings. The van der Waals surface area contributed by atoms with Crippen molar-refractivity contribution in [2.75, 3.05) is 30.5 Å². The first kappa shape index (κ1) is 42.7. The van der Waals surface area contributed by atoms with Crippen molar-refractivity contribution in [2.24, 2.45) is 0 Å². The zero-order chi connectivity index (χ0) is 35.4. The SMILES string of the molecule is CCCCCCC(=O)C[S+]1CCOCC1.O=S(=O)([O-])C(F)(F)C(F)(F)C(F)(F)C(F)(F)C(F)(F)C(F)(F)C(F)(F)C(F)(F)F. The molecule has 0 aliphatic carbocycles. The molecule has 264 valence electrons. The Labute approximate surface area is 240 Å². The Morgan fingerprint density at radius 2 is 1.05 bits per heavy atom. The number of ether oxygens (including phenoxy) is 1. The van der Waals surface area contributed by atoms with Crippen LogP contribution in [0.4, 0.5) is 74.6 Å². The summed E-state index contributed by atoms with van der Waals surface area (Å²) in [7, 11) is -7.80. The molecule has 1 aliphatic rings. The van der Waals surface area contributed by atoms with Crippen molar-refractivity contribution in [3.05, 3.63) is 0 Å².